The molecular formula is C24H37NO4. The van der Waals surface area contributed by atoms with Gasteiger partial charge in [-0.1, -0.05) is 30.7 Å². The zero-order valence-corrected chi connectivity index (χ0v) is 17.8. The number of fused-ring (bicyclic) bond motifs is 1. The summed E-state index contributed by atoms with van der Waals surface area (Å²) < 4.78 is 0. The van der Waals surface area contributed by atoms with Crippen LogP contribution >= 0.6 is 0 Å². The van der Waals surface area contributed by atoms with Gasteiger partial charge in [0.15, 0.2) is 0 Å². The molecule has 2 saturated carbocycles. The van der Waals surface area contributed by atoms with Crippen LogP contribution in [0.15, 0.2) is 23.8 Å². The van der Waals surface area contributed by atoms with E-state index in [4.69, 9.17) is 5.11 Å². The van der Waals surface area contributed by atoms with Crippen molar-refractivity contribution in [1.82, 2.24) is 5.32 Å². The Balaban J connectivity index is 1.82. The van der Waals surface area contributed by atoms with Crippen molar-refractivity contribution in [2.45, 2.75) is 71.0 Å². The lowest BCUT2D eigenvalue weighted by Crippen LogP contribution is -2.25. The molecule has 6 atom stereocenters. The molecule has 29 heavy (non-hydrogen) atoms. The number of aliphatic hydroxyl groups excluding tert-OH is 3. The van der Waals surface area contributed by atoms with Gasteiger partial charge in [-0.2, -0.15) is 0 Å². The lowest BCUT2D eigenvalue weighted by atomic mass is 9.89. The van der Waals surface area contributed by atoms with Gasteiger partial charge in [0, 0.05) is 25.3 Å². The molecule has 0 aromatic carbocycles. The summed E-state index contributed by atoms with van der Waals surface area (Å²) in [4.78, 5) is 11.6. The van der Waals surface area contributed by atoms with Gasteiger partial charge in [0.2, 0.25) is 5.91 Å². The zero-order valence-electron chi connectivity index (χ0n) is 17.8. The molecule has 0 aliphatic heterocycles. The second-order valence-corrected chi connectivity index (χ2v) is 8.52. The molecule has 0 aromatic rings. The lowest BCUT2D eigenvalue weighted by molar-refractivity contribution is -0.121. The van der Waals surface area contributed by atoms with E-state index in [1.807, 2.05) is 19.1 Å². The summed E-state index contributed by atoms with van der Waals surface area (Å²) in [7, 11) is 0. The Kier molecular flexibility index (Phi) is 9.93. The van der Waals surface area contributed by atoms with Crippen molar-refractivity contribution >= 4 is 5.91 Å². The number of unbranched alkanes of at least 4 members (excludes halogenated alkanes) is 1. The minimum atomic E-state index is -0.532. The second-order valence-electron chi connectivity index (χ2n) is 8.52. The molecule has 0 radical (unpaired) electrons. The Morgan fingerprint density at radius 3 is 2.90 bits per heavy atom. The number of rotatable bonds is 10. The quantitative estimate of drug-likeness (QED) is 0.256. The van der Waals surface area contributed by atoms with E-state index < -0.39 is 6.10 Å². The van der Waals surface area contributed by atoms with Crippen LogP contribution in [-0.2, 0) is 4.79 Å². The van der Waals surface area contributed by atoms with Crippen molar-refractivity contribution in [3.63, 3.8) is 0 Å². The number of hydrogen-bond donors (Lipinski definition) is 4. The standard InChI is InChI=1S/C24H37NO4/c1-3-4-7-17(2)22(27)11-10-20-21-15-18(14-19(21)16-23(20)28)8-5-6-9-24(29)25-12-13-26/h8,10-11,17,19-23,26-28H,5-7,9,12-16H2,1-2H3,(H,25,29)/t17-,19-,20+,21-,22+,23+/m0/s1. The van der Waals surface area contributed by atoms with Gasteiger partial charge in [-0.25, -0.2) is 0 Å². The third-order valence-electron chi connectivity index (χ3n) is 6.30. The van der Waals surface area contributed by atoms with Gasteiger partial charge in [0.25, 0.3) is 0 Å². The van der Waals surface area contributed by atoms with Crippen molar-refractivity contribution in [2.75, 3.05) is 13.2 Å². The molecule has 0 heterocycles. The predicted octanol–water partition coefficient (Wildman–Crippen LogP) is 2.57. The number of carbonyl (C=O) groups is 1. The van der Waals surface area contributed by atoms with Crippen molar-refractivity contribution < 1.29 is 20.1 Å². The summed E-state index contributed by atoms with van der Waals surface area (Å²) in [5, 5.41) is 32.2. The summed E-state index contributed by atoms with van der Waals surface area (Å²) in [5.41, 5.74) is 1.44. The maximum atomic E-state index is 11.6. The highest BCUT2D eigenvalue weighted by Crippen LogP contribution is 2.50. The van der Waals surface area contributed by atoms with E-state index >= 15 is 0 Å². The highest BCUT2D eigenvalue weighted by molar-refractivity contribution is 5.75. The molecule has 2 rings (SSSR count). The lowest BCUT2D eigenvalue weighted by Gasteiger charge is -2.19. The fourth-order valence-corrected chi connectivity index (χ4v) is 4.61. The maximum absolute atomic E-state index is 11.6. The molecule has 0 aromatic heterocycles. The molecule has 5 heteroatoms. The van der Waals surface area contributed by atoms with Crippen molar-refractivity contribution in [3.05, 3.63) is 23.8 Å². The Bertz CT molecular complexity index is 645. The first kappa shape index (κ1) is 23.7. The summed E-state index contributed by atoms with van der Waals surface area (Å²) in [6, 6.07) is 0. The molecule has 1 amide bonds. The van der Waals surface area contributed by atoms with Crippen LogP contribution in [0.3, 0.4) is 0 Å². The van der Waals surface area contributed by atoms with Crippen LogP contribution in [0.4, 0.5) is 0 Å². The average Bonchev–Trinajstić information content (AvgIpc) is 3.22. The molecule has 0 spiro atoms. The SMILES string of the molecule is CC#CC[C@H](C)[C@H](O)C=C[C@@H]1[C@H]2CC(=CCCCC(=O)NCCO)C[C@H]2C[C@H]1O. The van der Waals surface area contributed by atoms with E-state index in [9.17, 15) is 15.0 Å². The van der Waals surface area contributed by atoms with Crippen LogP contribution in [0.5, 0.6) is 0 Å². The van der Waals surface area contributed by atoms with Crippen LogP contribution in [0.25, 0.3) is 0 Å². The smallest absolute Gasteiger partial charge is 0.220 e. The summed E-state index contributed by atoms with van der Waals surface area (Å²) in [5.74, 6) is 7.02. The Hall–Kier alpha value is -1.61. The van der Waals surface area contributed by atoms with Crippen molar-refractivity contribution in [2.24, 2.45) is 23.7 Å². The van der Waals surface area contributed by atoms with Gasteiger partial charge < -0.3 is 20.6 Å². The van der Waals surface area contributed by atoms with E-state index in [-0.39, 0.29) is 30.5 Å². The van der Waals surface area contributed by atoms with Gasteiger partial charge in [0.1, 0.15) is 0 Å². The molecule has 0 bridgehead atoms. The van der Waals surface area contributed by atoms with Gasteiger partial charge in [0.05, 0.1) is 18.8 Å². The van der Waals surface area contributed by atoms with Crippen LogP contribution < -0.4 is 5.32 Å². The molecule has 5 nitrogen and oxygen atoms in total. The highest BCUT2D eigenvalue weighted by atomic mass is 16.3. The van der Waals surface area contributed by atoms with Gasteiger partial charge in [-0.15, -0.1) is 11.8 Å². The molecule has 0 unspecified atom stereocenters. The summed E-state index contributed by atoms with van der Waals surface area (Å²) in [6.45, 7) is 4.09. The van der Waals surface area contributed by atoms with E-state index in [0.29, 0.717) is 31.2 Å². The number of hydrogen-bond acceptors (Lipinski definition) is 4. The molecule has 162 valence electrons. The molecule has 2 aliphatic rings. The molecule has 0 saturated heterocycles. The Labute approximate surface area is 175 Å². The van der Waals surface area contributed by atoms with Gasteiger partial charge in [-0.3, -0.25) is 4.79 Å². The number of carbonyl (C=O) groups excluding carboxylic acids is 1. The molecular weight excluding hydrogens is 366 g/mol. The van der Waals surface area contributed by atoms with Crippen LogP contribution in [-0.4, -0.2) is 46.6 Å². The minimum absolute atomic E-state index is 0.00762. The van der Waals surface area contributed by atoms with E-state index in [2.05, 4.69) is 23.2 Å². The maximum Gasteiger partial charge on any atom is 0.220 e. The van der Waals surface area contributed by atoms with Crippen LogP contribution in [0.2, 0.25) is 0 Å². The first-order valence-corrected chi connectivity index (χ1v) is 11.0. The largest absolute Gasteiger partial charge is 0.395 e. The van der Waals surface area contributed by atoms with Gasteiger partial charge >= 0.3 is 0 Å². The zero-order chi connectivity index (χ0) is 21.2. The average molecular weight is 404 g/mol. The third-order valence-corrected chi connectivity index (χ3v) is 6.30. The third kappa shape index (κ3) is 7.29. The summed E-state index contributed by atoms with van der Waals surface area (Å²) in [6.07, 6.45) is 11.0. The number of allylic oxidation sites excluding steroid dienone is 2. The van der Waals surface area contributed by atoms with E-state index in [0.717, 1.165) is 32.1 Å². The fraction of sp³-hybridized carbons (Fsp3) is 0.708. The number of aliphatic hydroxyl groups is 3. The van der Waals surface area contributed by atoms with Crippen molar-refractivity contribution in [3.8, 4) is 11.8 Å². The predicted molar refractivity (Wildman–Crippen MR) is 115 cm³/mol. The van der Waals surface area contributed by atoms with Gasteiger partial charge in [-0.05, 0) is 56.8 Å². The monoisotopic (exact) mass is 403 g/mol. The van der Waals surface area contributed by atoms with E-state index in [1.165, 1.54) is 5.57 Å². The van der Waals surface area contributed by atoms with Crippen LogP contribution in [0, 0.1) is 35.5 Å². The fourth-order valence-electron chi connectivity index (χ4n) is 4.61. The second kappa shape index (κ2) is 12.2. The summed E-state index contributed by atoms with van der Waals surface area (Å²) >= 11 is 0. The topological polar surface area (TPSA) is 89.8 Å². The van der Waals surface area contributed by atoms with Crippen molar-refractivity contribution in [1.29, 1.82) is 0 Å². The Morgan fingerprint density at radius 1 is 1.38 bits per heavy atom. The Morgan fingerprint density at radius 2 is 2.17 bits per heavy atom. The normalized spacial score (nSPS) is 29.5. The first-order valence-electron chi connectivity index (χ1n) is 11.0. The van der Waals surface area contributed by atoms with Crippen LogP contribution in [0.1, 0.15) is 58.8 Å². The highest BCUT2D eigenvalue weighted by Gasteiger charge is 2.44. The first-order chi connectivity index (χ1) is 14.0. The molecule has 2 fully saturated rings. The number of nitrogens with one attached hydrogen (secondary N) is 1. The molecule has 4 N–H and O–H groups in total. The van der Waals surface area contributed by atoms with E-state index in [1.54, 1.807) is 6.92 Å². The molecule has 2 aliphatic carbocycles. The number of amides is 1. The minimum Gasteiger partial charge on any atom is -0.395 e.